The Kier molecular flexibility index (Phi) is 6.58. The van der Waals surface area contributed by atoms with Gasteiger partial charge in [-0.2, -0.15) is 0 Å². The topological polar surface area (TPSA) is 32.8 Å². The van der Waals surface area contributed by atoms with Crippen molar-refractivity contribution in [2.45, 2.75) is 18.9 Å². The minimum atomic E-state index is 0.113. The lowest BCUT2D eigenvalue weighted by Gasteiger charge is -2.48. The number of methoxy groups -OCH3 is 1. The normalized spacial score (nSPS) is 19.2. The Morgan fingerprint density at radius 2 is 1.93 bits per heavy atom. The van der Waals surface area contributed by atoms with E-state index in [0.717, 1.165) is 6.54 Å². The van der Waals surface area contributed by atoms with Crippen LogP contribution in [0.3, 0.4) is 0 Å². The molecular weight excluding hydrogens is 356 g/mol. The lowest BCUT2D eigenvalue weighted by Crippen LogP contribution is -2.60. The van der Waals surface area contributed by atoms with Crippen molar-refractivity contribution in [3.8, 4) is 11.1 Å². The molecule has 2 aromatic carbocycles. The lowest BCUT2D eigenvalue weighted by atomic mass is 9.82. The van der Waals surface area contributed by atoms with Gasteiger partial charge in [-0.25, -0.2) is 4.31 Å². The molecule has 0 radical (unpaired) electrons. The first kappa shape index (κ1) is 19.9. The molecule has 1 aliphatic heterocycles. The van der Waals surface area contributed by atoms with Gasteiger partial charge in [0.15, 0.2) is 0 Å². The van der Waals surface area contributed by atoms with Crippen LogP contribution in [0.1, 0.15) is 17.0 Å². The molecule has 2 atom stereocenters. The largest absolute Gasteiger partial charge is 0.383 e. The van der Waals surface area contributed by atoms with Crippen LogP contribution in [-0.4, -0.2) is 61.3 Å². The average Bonchev–Trinajstić information content (AvgIpc) is 2.66. The van der Waals surface area contributed by atoms with Gasteiger partial charge < -0.3 is 9.64 Å². The zero-order chi connectivity index (χ0) is 19.4. The van der Waals surface area contributed by atoms with E-state index < -0.39 is 0 Å². The molecule has 1 amide bonds. The molecule has 0 aliphatic carbocycles. The number of hydrogen-bond acceptors (Lipinski definition) is 4. The molecule has 1 unspecified atom stereocenters. The summed E-state index contributed by atoms with van der Waals surface area (Å²) in [7, 11) is 3.64. The van der Waals surface area contributed by atoms with Gasteiger partial charge in [-0.05, 0) is 42.5 Å². The maximum Gasteiger partial charge on any atom is 0.238 e. The van der Waals surface area contributed by atoms with Crippen LogP contribution in [0.2, 0.25) is 0 Å². The van der Waals surface area contributed by atoms with Crippen LogP contribution in [0.15, 0.2) is 48.5 Å². The molecule has 0 N–H and O–H groups in total. The second-order valence-electron chi connectivity index (χ2n) is 7.08. The Morgan fingerprint density at radius 1 is 1.22 bits per heavy atom. The van der Waals surface area contributed by atoms with Crippen molar-refractivity contribution in [1.29, 1.82) is 0 Å². The van der Waals surface area contributed by atoms with Gasteiger partial charge in [-0.15, -0.1) is 0 Å². The Balaban J connectivity index is 1.72. The van der Waals surface area contributed by atoms with Crippen LogP contribution >= 0.6 is 11.9 Å². The Bertz CT molecular complexity index is 778. The molecule has 0 saturated carbocycles. The van der Waals surface area contributed by atoms with E-state index in [1.807, 2.05) is 22.5 Å². The Labute approximate surface area is 166 Å². The molecule has 1 aliphatic rings. The third kappa shape index (κ3) is 4.37. The molecule has 0 aromatic heterocycles. The van der Waals surface area contributed by atoms with E-state index >= 15 is 0 Å². The quantitative estimate of drug-likeness (QED) is 0.680. The van der Waals surface area contributed by atoms with E-state index in [0.29, 0.717) is 19.1 Å². The smallest absolute Gasteiger partial charge is 0.238 e. The van der Waals surface area contributed by atoms with Crippen molar-refractivity contribution in [2.24, 2.45) is 0 Å². The minimum Gasteiger partial charge on any atom is -0.383 e. The van der Waals surface area contributed by atoms with E-state index in [-0.39, 0.29) is 11.9 Å². The Morgan fingerprint density at radius 3 is 2.56 bits per heavy atom. The number of likely N-dealkylation sites (N-methyl/N-ethyl adjacent to an activating group) is 1. The number of rotatable bonds is 7. The van der Waals surface area contributed by atoms with Gasteiger partial charge in [0, 0.05) is 19.6 Å². The summed E-state index contributed by atoms with van der Waals surface area (Å²) in [5.74, 6) is 0.501. The van der Waals surface area contributed by atoms with Gasteiger partial charge in [0.05, 0.1) is 19.2 Å². The number of benzene rings is 2. The Hall–Kier alpha value is -1.82. The minimum absolute atomic E-state index is 0.113. The first-order valence-electron chi connectivity index (χ1n) is 9.24. The molecule has 0 spiro atoms. The lowest BCUT2D eigenvalue weighted by molar-refractivity contribution is -0.142. The summed E-state index contributed by atoms with van der Waals surface area (Å²) in [6.45, 7) is 3.90. The van der Waals surface area contributed by atoms with Crippen molar-refractivity contribution < 1.29 is 9.53 Å². The van der Waals surface area contributed by atoms with Gasteiger partial charge in [-0.1, -0.05) is 60.5 Å². The number of nitrogens with zero attached hydrogens (tertiary/aromatic N) is 2. The summed E-state index contributed by atoms with van der Waals surface area (Å²) in [5.41, 5.74) is 5.05. The van der Waals surface area contributed by atoms with Crippen molar-refractivity contribution in [2.75, 3.05) is 40.1 Å². The van der Waals surface area contributed by atoms with E-state index in [1.165, 1.54) is 22.3 Å². The van der Waals surface area contributed by atoms with Crippen LogP contribution in [0, 0.1) is 6.92 Å². The fourth-order valence-electron chi connectivity index (χ4n) is 3.69. The predicted octanol–water partition coefficient (Wildman–Crippen LogP) is 3.81. The highest BCUT2D eigenvalue weighted by atomic mass is 32.2. The van der Waals surface area contributed by atoms with Crippen molar-refractivity contribution in [3.05, 3.63) is 59.7 Å². The molecule has 1 saturated heterocycles. The van der Waals surface area contributed by atoms with Gasteiger partial charge in [0.1, 0.15) is 0 Å². The fourth-order valence-corrected chi connectivity index (χ4v) is 3.93. The average molecular weight is 385 g/mol. The zero-order valence-corrected chi connectivity index (χ0v) is 17.3. The van der Waals surface area contributed by atoms with E-state index in [4.69, 9.17) is 4.74 Å². The molecule has 3 rings (SSSR count). The number of carbonyl (C=O) groups is 1. The van der Waals surface area contributed by atoms with Gasteiger partial charge in [0.2, 0.25) is 5.91 Å². The van der Waals surface area contributed by atoms with Gasteiger partial charge >= 0.3 is 0 Å². The maximum atomic E-state index is 12.5. The molecular formula is C22H28N2O2S. The van der Waals surface area contributed by atoms with Crippen LogP contribution in [0.4, 0.5) is 0 Å². The molecule has 4 nitrogen and oxygen atoms in total. The maximum absolute atomic E-state index is 12.5. The SMILES string of the molecule is COC[C@@H]1C(c2ccc(-c3ccccc3C)cc2)CN1C(=O)CN(C)SC. The van der Waals surface area contributed by atoms with Crippen molar-refractivity contribution in [1.82, 2.24) is 9.21 Å². The number of aryl methyl sites for hydroxylation is 1. The van der Waals surface area contributed by atoms with Crippen LogP contribution in [0.5, 0.6) is 0 Å². The third-order valence-corrected chi connectivity index (χ3v) is 6.13. The molecule has 2 aromatic rings. The molecule has 27 heavy (non-hydrogen) atoms. The number of carbonyl (C=O) groups excluding carboxylic acids is 1. The zero-order valence-electron chi connectivity index (χ0n) is 16.5. The van der Waals surface area contributed by atoms with E-state index in [1.54, 1.807) is 19.1 Å². The van der Waals surface area contributed by atoms with Gasteiger partial charge in [-0.3, -0.25) is 4.79 Å². The summed E-state index contributed by atoms with van der Waals surface area (Å²) in [6.07, 6.45) is 1.98. The first-order chi connectivity index (χ1) is 13.0. The summed E-state index contributed by atoms with van der Waals surface area (Å²) < 4.78 is 7.36. The summed E-state index contributed by atoms with van der Waals surface area (Å²) in [5, 5.41) is 0. The van der Waals surface area contributed by atoms with Crippen LogP contribution in [0.25, 0.3) is 11.1 Å². The predicted molar refractivity (Wildman–Crippen MR) is 113 cm³/mol. The van der Waals surface area contributed by atoms with E-state index in [9.17, 15) is 4.79 Å². The monoisotopic (exact) mass is 384 g/mol. The molecule has 1 heterocycles. The second kappa shape index (κ2) is 8.91. The highest BCUT2D eigenvalue weighted by molar-refractivity contribution is 7.96. The third-order valence-electron chi connectivity index (χ3n) is 5.38. The van der Waals surface area contributed by atoms with Crippen LogP contribution in [-0.2, 0) is 9.53 Å². The number of ether oxygens (including phenoxy) is 1. The highest BCUT2D eigenvalue weighted by Gasteiger charge is 2.42. The van der Waals surface area contributed by atoms with E-state index in [2.05, 4.69) is 55.5 Å². The molecule has 1 fully saturated rings. The second-order valence-corrected chi connectivity index (χ2v) is 8.07. The molecule has 144 valence electrons. The number of hydrogen-bond donors (Lipinski definition) is 0. The van der Waals surface area contributed by atoms with Crippen molar-refractivity contribution >= 4 is 17.9 Å². The molecule has 0 bridgehead atoms. The summed E-state index contributed by atoms with van der Waals surface area (Å²) >= 11 is 1.57. The number of likely N-dealkylation sites (tertiary alicyclic amines) is 1. The molecule has 5 heteroatoms. The highest BCUT2D eigenvalue weighted by Crippen LogP contribution is 2.36. The summed E-state index contributed by atoms with van der Waals surface area (Å²) in [4.78, 5) is 14.5. The fraction of sp³-hybridized carbons (Fsp3) is 0.409. The van der Waals surface area contributed by atoms with Gasteiger partial charge in [0.25, 0.3) is 0 Å². The van der Waals surface area contributed by atoms with Crippen LogP contribution < -0.4 is 0 Å². The number of amides is 1. The first-order valence-corrected chi connectivity index (χ1v) is 10.4. The summed E-state index contributed by atoms with van der Waals surface area (Å²) in [6, 6.07) is 17.3. The standard InChI is InChI=1S/C22H28N2O2S/c1-16-7-5-6-8-19(16)17-9-11-18(12-10-17)20-13-24(21(20)15-26-3)22(25)14-23(2)27-4/h5-12,20-21H,13-15H2,1-4H3/t20?,21-/m1/s1. The van der Waals surface area contributed by atoms with Crippen molar-refractivity contribution in [3.63, 3.8) is 0 Å².